The molecule has 0 fully saturated rings. The molecule has 1 aromatic heterocycles. The molecule has 0 spiro atoms. The van der Waals surface area contributed by atoms with Crippen LogP contribution in [0, 0.1) is 6.92 Å². The molecule has 2 aromatic rings. The van der Waals surface area contributed by atoms with Crippen LogP contribution in [0.1, 0.15) is 29.3 Å². The van der Waals surface area contributed by atoms with Crippen LogP contribution in [0.15, 0.2) is 30.5 Å². The van der Waals surface area contributed by atoms with Crippen molar-refractivity contribution in [3.05, 3.63) is 47.3 Å². The van der Waals surface area contributed by atoms with E-state index in [1.807, 2.05) is 13.2 Å². The molecule has 17 heavy (non-hydrogen) atoms. The van der Waals surface area contributed by atoms with Crippen LogP contribution in [0.25, 0.3) is 5.69 Å². The first-order chi connectivity index (χ1) is 8.29. The Morgan fingerprint density at radius 1 is 1.29 bits per heavy atom. The molecule has 0 bridgehead atoms. The van der Waals surface area contributed by atoms with Crippen LogP contribution in [0.2, 0.25) is 0 Å². The lowest BCUT2D eigenvalue weighted by atomic mass is 10.2. The lowest BCUT2D eigenvalue weighted by molar-refractivity contribution is 0.585. The largest absolute Gasteiger partial charge is 0.313 e. The van der Waals surface area contributed by atoms with Gasteiger partial charge in [-0.2, -0.15) is 5.10 Å². The van der Waals surface area contributed by atoms with E-state index < -0.39 is 0 Å². The Kier molecular flexibility index (Phi) is 2.48. The fourth-order valence-corrected chi connectivity index (χ4v) is 2.57. The maximum atomic E-state index is 4.51. The summed E-state index contributed by atoms with van der Waals surface area (Å²) < 4.78 is 2.08. The Labute approximate surface area is 101 Å². The summed E-state index contributed by atoms with van der Waals surface area (Å²) >= 11 is 0. The first-order valence-corrected chi connectivity index (χ1v) is 6.10. The highest BCUT2D eigenvalue weighted by atomic mass is 15.3. The van der Waals surface area contributed by atoms with Crippen molar-refractivity contribution < 1.29 is 0 Å². The van der Waals surface area contributed by atoms with Crippen molar-refractivity contribution in [2.45, 2.75) is 25.8 Å². The quantitative estimate of drug-likeness (QED) is 0.853. The molecule has 0 saturated heterocycles. The predicted molar refractivity (Wildman–Crippen MR) is 68.4 cm³/mol. The van der Waals surface area contributed by atoms with Gasteiger partial charge in [0.1, 0.15) is 0 Å². The molecular weight excluding hydrogens is 210 g/mol. The summed E-state index contributed by atoms with van der Waals surface area (Å²) in [5.41, 5.74) is 5.15. The molecule has 1 aliphatic carbocycles. The number of aromatic nitrogens is 2. The maximum Gasteiger partial charge on any atom is 0.0649 e. The van der Waals surface area contributed by atoms with E-state index in [-0.39, 0.29) is 0 Å². The van der Waals surface area contributed by atoms with E-state index in [1.165, 1.54) is 23.2 Å². The topological polar surface area (TPSA) is 29.9 Å². The highest BCUT2D eigenvalue weighted by Gasteiger charge is 2.25. The minimum Gasteiger partial charge on any atom is -0.313 e. The van der Waals surface area contributed by atoms with E-state index >= 15 is 0 Å². The maximum absolute atomic E-state index is 4.51. The van der Waals surface area contributed by atoms with E-state index in [0.717, 1.165) is 12.1 Å². The molecule has 3 rings (SSSR count). The summed E-state index contributed by atoms with van der Waals surface area (Å²) in [6.07, 6.45) is 4.29. The minimum atomic E-state index is 0.476. The third kappa shape index (κ3) is 1.67. The van der Waals surface area contributed by atoms with Crippen molar-refractivity contribution in [2.24, 2.45) is 0 Å². The van der Waals surface area contributed by atoms with Crippen molar-refractivity contribution >= 4 is 0 Å². The monoisotopic (exact) mass is 227 g/mol. The number of benzene rings is 1. The van der Waals surface area contributed by atoms with Gasteiger partial charge in [-0.25, -0.2) is 4.68 Å². The Morgan fingerprint density at radius 2 is 2.06 bits per heavy atom. The summed E-state index contributed by atoms with van der Waals surface area (Å²) in [5.74, 6) is 0. The normalized spacial score (nSPS) is 18.4. The molecule has 3 nitrogen and oxygen atoms in total. The molecule has 1 aromatic carbocycles. The van der Waals surface area contributed by atoms with Crippen LogP contribution in [0.3, 0.4) is 0 Å². The predicted octanol–water partition coefficient (Wildman–Crippen LogP) is 2.39. The Morgan fingerprint density at radius 3 is 2.76 bits per heavy atom. The highest BCUT2D eigenvalue weighted by Crippen LogP contribution is 2.31. The number of nitrogens with zero attached hydrogens (tertiary/aromatic N) is 2. The zero-order valence-corrected chi connectivity index (χ0v) is 10.3. The van der Waals surface area contributed by atoms with Crippen LogP contribution in [0.4, 0.5) is 0 Å². The van der Waals surface area contributed by atoms with Crippen molar-refractivity contribution in [1.82, 2.24) is 15.1 Å². The van der Waals surface area contributed by atoms with E-state index in [1.54, 1.807) is 0 Å². The van der Waals surface area contributed by atoms with Crippen LogP contribution in [0.5, 0.6) is 0 Å². The summed E-state index contributed by atoms with van der Waals surface area (Å²) in [6, 6.07) is 9.01. The molecule has 88 valence electrons. The number of rotatable bonds is 2. The third-order valence-corrected chi connectivity index (χ3v) is 3.57. The molecule has 0 radical (unpaired) electrons. The first kappa shape index (κ1) is 10.5. The summed E-state index contributed by atoms with van der Waals surface area (Å²) in [5, 5.41) is 7.85. The second kappa shape index (κ2) is 4.00. The molecule has 1 unspecified atom stereocenters. The standard InChI is InChI=1S/C14H17N3/c1-10-3-5-11(6-4-10)17-14-8-7-13(15-2)12(14)9-16-17/h3-6,9,13,15H,7-8H2,1-2H3. The van der Waals surface area contributed by atoms with Gasteiger partial charge in [-0.05, 0) is 38.9 Å². The number of hydrogen-bond donors (Lipinski definition) is 1. The van der Waals surface area contributed by atoms with Gasteiger partial charge in [0.05, 0.1) is 11.9 Å². The van der Waals surface area contributed by atoms with Crippen LogP contribution < -0.4 is 5.32 Å². The molecule has 0 saturated carbocycles. The summed E-state index contributed by atoms with van der Waals surface area (Å²) in [4.78, 5) is 0. The van der Waals surface area contributed by atoms with E-state index in [2.05, 4.69) is 46.3 Å². The molecule has 1 N–H and O–H groups in total. The van der Waals surface area contributed by atoms with Gasteiger partial charge < -0.3 is 5.32 Å². The fourth-order valence-electron chi connectivity index (χ4n) is 2.57. The molecule has 0 aliphatic heterocycles. The zero-order valence-electron chi connectivity index (χ0n) is 10.3. The third-order valence-electron chi connectivity index (χ3n) is 3.57. The van der Waals surface area contributed by atoms with Gasteiger partial charge >= 0.3 is 0 Å². The summed E-state index contributed by atoms with van der Waals surface area (Å²) in [7, 11) is 2.02. The van der Waals surface area contributed by atoms with Crippen molar-refractivity contribution in [2.75, 3.05) is 7.05 Å². The van der Waals surface area contributed by atoms with Gasteiger partial charge in [0.2, 0.25) is 0 Å². The Balaban J connectivity index is 2.03. The SMILES string of the molecule is CNC1CCc2c1cnn2-c1ccc(C)cc1. The first-order valence-electron chi connectivity index (χ1n) is 6.10. The molecular formula is C14H17N3. The number of aryl methyl sites for hydroxylation is 1. The molecule has 1 atom stereocenters. The van der Waals surface area contributed by atoms with Gasteiger partial charge in [0.15, 0.2) is 0 Å². The van der Waals surface area contributed by atoms with Crippen LogP contribution in [-0.2, 0) is 6.42 Å². The molecule has 1 heterocycles. The Bertz CT molecular complexity index is 525. The average Bonchev–Trinajstić information content (AvgIpc) is 2.91. The van der Waals surface area contributed by atoms with Gasteiger partial charge in [0, 0.05) is 17.3 Å². The summed E-state index contributed by atoms with van der Waals surface area (Å²) in [6.45, 7) is 2.11. The lowest BCUT2D eigenvalue weighted by Crippen LogP contribution is -2.12. The highest BCUT2D eigenvalue weighted by molar-refractivity contribution is 5.39. The van der Waals surface area contributed by atoms with Gasteiger partial charge in [-0.15, -0.1) is 0 Å². The van der Waals surface area contributed by atoms with Crippen molar-refractivity contribution in [3.63, 3.8) is 0 Å². The zero-order chi connectivity index (χ0) is 11.8. The minimum absolute atomic E-state index is 0.476. The van der Waals surface area contributed by atoms with Gasteiger partial charge in [-0.3, -0.25) is 0 Å². The van der Waals surface area contributed by atoms with Crippen molar-refractivity contribution in [3.8, 4) is 5.69 Å². The molecule has 0 amide bonds. The van der Waals surface area contributed by atoms with Gasteiger partial charge in [-0.1, -0.05) is 17.7 Å². The second-order valence-corrected chi connectivity index (χ2v) is 4.67. The smallest absolute Gasteiger partial charge is 0.0649 e. The average molecular weight is 227 g/mol. The fraction of sp³-hybridized carbons (Fsp3) is 0.357. The molecule has 1 aliphatic rings. The number of fused-ring (bicyclic) bond motifs is 1. The number of nitrogens with one attached hydrogen (secondary N) is 1. The van der Waals surface area contributed by atoms with E-state index in [9.17, 15) is 0 Å². The number of hydrogen-bond acceptors (Lipinski definition) is 2. The van der Waals surface area contributed by atoms with Crippen LogP contribution >= 0.6 is 0 Å². The van der Waals surface area contributed by atoms with Crippen molar-refractivity contribution in [1.29, 1.82) is 0 Å². The van der Waals surface area contributed by atoms with Gasteiger partial charge in [0.25, 0.3) is 0 Å². The second-order valence-electron chi connectivity index (χ2n) is 4.67. The lowest BCUT2D eigenvalue weighted by Gasteiger charge is -2.05. The van der Waals surface area contributed by atoms with Crippen LogP contribution in [-0.4, -0.2) is 16.8 Å². The van der Waals surface area contributed by atoms with E-state index in [0.29, 0.717) is 6.04 Å². The Hall–Kier alpha value is -1.61. The molecule has 3 heteroatoms. The van der Waals surface area contributed by atoms with E-state index in [4.69, 9.17) is 0 Å².